The van der Waals surface area contributed by atoms with Crippen LogP contribution in [0.5, 0.6) is 5.75 Å². The molecule has 0 radical (unpaired) electrons. The van der Waals surface area contributed by atoms with Gasteiger partial charge in [0.15, 0.2) is 0 Å². The lowest BCUT2D eigenvalue weighted by molar-refractivity contribution is 0.415. The lowest BCUT2D eigenvalue weighted by Gasteiger charge is -2.09. The van der Waals surface area contributed by atoms with E-state index in [4.69, 9.17) is 4.74 Å². The third kappa shape index (κ3) is 2.87. The summed E-state index contributed by atoms with van der Waals surface area (Å²) in [4.78, 5) is 12.0. The number of aromatic nitrogens is 2. The predicted molar refractivity (Wildman–Crippen MR) is 88.7 cm³/mol. The number of nitrogens with zero attached hydrogens (tertiary/aromatic N) is 2. The molecule has 22 heavy (non-hydrogen) atoms. The van der Waals surface area contributed by atoms with E-state index < -0.39 is 0 Å². The zero-order chi connectivity index (χ0) is 15.5. The largest absolute Gasteiger partial charge is 0.497 e. The van der Waals surface area contributed by atoms with Gasteiger partial charge in [0, 0.05) is 17.2 Å². The highest BCUT2D eigenvalue weighted by Gasteiger charge is 2.11. The number of rotatable bonds is 4. The highest BCUT2D eigenvalue weighted by atomic mass is 32.1. The molecule has 0 aliphatic rings. The van der Waals surface area contributed by atoms with Gasteiger partial charge >= 0.3 is 4.87 Å². The molecule has 0 aliphatic carbocycles. The Balaban J connectivity index is 1.96. The van der Waals surface area contributed by atoms with Crippen LogP contribution in [-0.2, 0) is 0 Å². The topological polar surface area (TPSA) is 56.1 Å². The molecule has 5 nitrogen and oxygen atoms in total. The molecule has 2 aromatic carbocycles. The van der Waals surface area contributed by atoms with E-state index in [1.54, 1.807) is 11.7 Å². The van der Waals surface area contributed by atoms with Crippen molar-refractivity contribution in [3.05, 3.63) is 63.8 Å². The van der Waals surface area contributed by atoms with E-state index in [2.05, 4.69) is 9.69 Å². The number of ether oxygens (including phenoxy) is 1. The van der Waals surface area contributed by atoms with E-state index in [1.807, 2.05) is 55.5 Å². The summed E-state index contributed by atoms with van der Waals surface area (Å²) in [6, 6.07) is 15.2. The van der Waals surface area contributed by atoms with Crippen LogP contribution in [0.3, 0.4) is 0 Å². The molecule has 1 heterocycles. The SMILES string of the molecule is COc1ccc(Nc2nsc(=O)n2-c2cccc(C)c2)cc1. The van der Waals surface area contributed by atoms with Crippen LogP contribution in [0.15, 0.2) is 53.3 Å². The molecule has 1 N–H and O–H groups in total. The highest BCUT2D eigenvalue weighted by Crippen LogP contribution is 2.21. The molecule has 1 aromatic heterocycles. The van der Waals surface area contributed by atoms with Gasteiger partial charge in [-0.3, -0.25) is 4.79 Å². The summed E-state index contributed by atoms with van der Waals surface area (Å²) in [6.07, 6.45) is 0. The van der Waals surface area contributed by atoms with Gasteiger partial charge in [-0.15, -0.1) is 0 Å². The molecule has 112 valence electrons. The molecule has 0 atom stereocenters. The molecule has 0 saturated carbocycles. The van der Waals surface area contributed by atoms with Crippen molar-refractivity contribution in [2.24, 2.45) is 0 Å². The zero-order valence-corrected chi connectivity index (χ0v) is 13.1. The van der Waals surface area contributed by atoms with Crippen LogP contribution in [-0.4, -0.2) is 16.1 Å². The van der Waals surface area contributed by atoms with Crippen LogP contribution < -0.4 is 14.9 Å². The van der Waals surface area contributed by atoms with E-state index in [9.17, 15) is 4.79 Å². The molecule has 0 aliphatic heterocycles. The number of anilines is 2. The molecule has 0 bridgehead atoms. The zero-order valence-electron chi connectivity index (χ0n) is 12.2. The molecule has 3 rings (SSSR count). The van der Waals surface area contributed by atoms with E-state index in [1.165, 1.54) is 0 Å². The minimum Gasteiger partial charge on any atom is -0.497 e. The smallest absolute Gasteiger partial charge is 0.332 e. The second-order valence-electron chi connectivity index (χ2n) is 4.80. The van der Waals surface area contributed by atoms with Crippen LogP contribution in [0, 0.1) is 6.92 Å². The average Bonchev–Trinajstić information content (AvgIpc) is 2.89. The monoisotopic (exact) mass is 313 g/mol. The summed E-state index contributed by atoms with van der Waals surface area (Å²) in [5.74, 6) is 1.28. The lowest BCUT2D eigenvalue weighted by atomic mass is 10.2. The van der Waals surface area contributed by atoms with Gasteiger partial charge in [-0.25, -0.2) is 4.57 Å². The Morgan fingerprint density at radius 3 is 2.64 bits per heavy atom. The van der Waals surface area contributed by atoms with Crippen LogP contribution in [0.2, 0.25) is 0 Å². The van der Waals surface area contributed by atoms with Crippen molar-refractivity contribution in [3.63, 3.8) is 0 Å². The van der Waals surface area contributed by atoms with Crippen LogP contribution in [0.25, 0.3) is 5.69 Å². The van der Waals surface area contributed by atoms with Crippen molar-refractivity contribution in [2.45, 2.75) is 6.92 Å². The molecule has 0 spiro atoms. The summed E-state index contributed by atoms with van der Waals surface area (Å²) in [7, 11) is 1.62. The fourth-order valence-corrected chi connectivity index (χ4v) is 2.69. The average molecular weight is 313 g/mol. The first kappa shape index (κ1) is 14.3. The van der Waals surface area contributed by atoms with Crippen molar-refractivity contribution in [1.82, 2.24) is 8.94 Å². The van der Waals surface area contributed by atoms with Gasteiger partial charge in [-0.2, -0.15) is 4.37 Å². The Morgan fingerprint density at radius 2 is 1.95 bits per heavy atom. The summed E-state index contributed by atoms with van der Waals surface area (Å²) < 4.78 is 10.9. The number of hydrogen-bond acceptors (Lipinski definition) is 5. The Labute approximate surface area is 132 Å². The first-order chi connectivity index (χ1) is 10.7. The summed E-state index contributed by atoms with van der Waals surface area (Å²) >= 11 is 0.929. The molecule has 3 aromatic rings. The molecule has 0 fully saturated rings. The summed E-state index contributed by atoms with van der Waals surface area (Å²) in [5, 5.41) is 3.17. The van der Waals surface area contributed by atoms with E-state index in [-0.39, 0.29) is 4.87 Å². The van der Waals surface area contributed by atoms with Gasteiger partial charge in [0.05, 0.1) is 12.8 Å². The van der Waals surface area contributed by atoms with Gasteiger partial charge in [0.1, 0.15) is 5.75 Å². The molecule has 0 unspecified atom stereocenters. The quantitative estimate of drug-likeness (QED) is 0.802. The van der Waals surface area contributed by atoms with Gasteiger partial charge in [0.25, 0.3) is 0 Å². The Kier molecular flexibility index (Phi) is 3.93. The molecule has 0 amide bonds. The third-order valence-corrected chi connectivity index (χ3v) is 3.81. The number of aryl methyl sites for hydroxylation is 1. The number of benzene rings is 2. The van der Waals surface area contributed by atoms with Gasteiger partial charge < -0.3 is 10.1 Å². The number of hydrogen-bond donors (Lipinski definition) is 1. The normalized spacial score (nSPS) is 10.5. The van der Waals surface area contributed by atoms with Crippen molar-refractivity contribution < 1.29 is 4.74 Å². The standard InChI is InChI=1S/C16H15N3O2S/c1-11-4-3-5-13(10-11)19-15(18-22-16(19)20)17-12-6-8-14(21-2)9-7-12/h3-10H,1-2H3,(H,17,18). The van der Waals surface area contributed by atoms with Gasteiger partial charge in [-0.1, -0.05) is 12.1 Å². The number of nitrogens with one attached hydrogen (secondary N) is 1. The lowest BCUT2D eigenvalue weighted by Crippen LogP contribution is -2.13. The van der Waals surface area contributed by atoms with Crippen LogP contribution in [0.1, 0.15) is 5.56 Å². The van der Waals surface area contributed by atoms with E-state index in [0.717, 1.165) is 34.2 Å². The van der Waals surface area contributed by atoms with Crippen molar-refractivity contribution in [3.8, 4) is 11.4 Å². The molecule has 6 heteroatoms. The fraction of sp³-hybridized carbons (Fsp3) is 0.125. The highest BCUT2D eigenvalue weighted by molar-refractivity contribution is 7.03. The Bertz CT molecular complexity index is 837. The van der Waals surface area contributed by atoms with Crippen molar-refractivity contribution >= 4 is 23.2 Å². The minimum atomic E-state index is -0.124. The minimum absolute atomic E-state index is 0.124. The maximum atomic E-state index is 12.1. The second-order valence-corrected chi connectivity index (χ2v) is 5.51. The van der Waals surface area contributed by atoms with E-state index in [0.29, 0.717) is 5.95 Å². The fourth-order valence-electron chi connectivity index (χ4n) is 2.13. The Morgan fingerprint density at radius 1 is 1.18 bits per heavy atom. The third-order valence-electron chi connectivity index (χ3n) is 3.21. The predicted octanol–water partition coefficient (Wildman–Crippen LogP) is 3.35. The van der Waals surface area contributed by atoms with Gasteiger partial charge in [-0.05, 0) is 48.9 Å². The first-order valence-electron chi connectivity index (χ1n) is 6.74. The van der Waals surface area contributed by atoms with Crippen LogP contribution >= 0.6 is 11.5 Å². The van der Waals surface area contributed by atoms with Crippen molar-refractivity contribution in [2.75, 3.05) is 12.4 Å². The maximum Gasteiger partial charge on any atom is 0.332 e. The summed E-state index contributed by atoms with van der Waals surface area (Å²) in [5.41, 5.74) is 2.73. The van der Waals surface area contributed by atoms with Crippen molar-refractivity contribution in [1.29, 1.82) is 0 Å². The Hall–Kier alpha value is -2.60. The number of methoxy groups -OCH3 is 1. The van der Waals surface area contributed by atoms with Crippen LogP contribution in [0.4, 0.5) is 11.6 Å². The summed E-state index contributed by atoms with van der Waals surface area (Å²) in [6.45, 7) is 1.99. The first-order valence-corrected chi connectivity index (χ1v) is 7.51. The van der Waals surface area contributed by atoms with Gasteiger partial charge in [0.2, 0.25) is 5.95 Å². The van der Waals surface area contributed by atoms with E-state index >= 15 is 0 Å². The second kappa shape index (κ2) is 6.03. The molecule has 0 saturated heterocycles. The molecular weight excluding hydrogens is 298 g/mol. The maximum absolute atomic E-state index is 12.1. The molecular formula is C16H15N3O2S.